The largest absolute Gasteiger partial charge is 0.315 e. The van der Waals surface area contributed by atoms with Crippen LogP contribution in [0, 0.1) is 0 Å². The van der Waals surface area contributed by atoms with E-state index in [1.54, 1.807) is 0 Å². The molecule has 1 N–H and O–H groups in total. The van der Waals surface area contributed by atoms with E-state index in [1.807, 2.05) is 12.1 Å². The van der Waals surface area contributed by atoms with E-state index in [1.165, 1.54) is 31.4 Å². The summed E-state index contributed by atoms with van der Waals surface area (Å²) < 4.78 is 0. The van der Waals surface area contributed by atoms with Gasteiger partial charge in [-0.25, -0.2) is 0 Å². The van der Waals surface area contributed by atoms with Crippen LogP contribution in [0.15, 0.2) is 24.3 Å². The fourth-order valence-corrected chi connectivity index (χ4v) is 2.73. The average molecular weight is 267 g/mol. The Morgan fingerprint density at radius 2 is 2.11 bits per heavy atom. The van der Waals surface area contributed by atoms with E-state index in [2.05, 4.69) is 29.3 Å². The zero-order valence-electron chi connectivity index (χ0n) is 11.2. The second-order valence-electron chi connectivity index (χ2n) is 5.10. The molecule has 2 nitrogen and oxygen atoms in total. The third kappa shape index (κ3) is 3.98. The van der Waals surface area contributed by atoms with Crippen molar-refractivity contribution in [2.24, 2.45) is 0 Å². The molecule has 2 rings (SSSR count). The van der Waals surface area contributed by atoms with Gasteiger partial charge >= 0.3 is 0 Å². The number of benzene rings is 1. The quantitative estimate of drug-likeness (QED) is 0.795. The number of hydrogen-bond donors (Lipinski definition) is 1. The van der Waals surface area contributed by atoms with E-state index < -0.39 is 0 Å². The van der Waals surface area contributed by atoms with Crippen molar-refractivity contribution in [2.75, 3.05) is 19.6 Å². The fraction of sp³-hybridized carbons (Fsp3) is 0.600. The summed E-state index contributed by atoms with van der Waals surface area (Å²) in [5, 5.41) is 4.36. The van der Waals surface area contributed by atoms with Crippen LogP contribution in [0.4, 0.5) is 0 Å². The Morgan fingerprint density at radius 1 is 1.33 bits per heavy atom. The molecule has 1 atom stereocenters. The first-order valence-corrected chi connectivity index (χ1v) is 7.36. The Morgan fingerprint density at radius 3 is 2.83 bits per heavy atom. The van der Waals surface area contributed by atoms with E-state index in [0.717, 1.165) is 24.7 Å². The van der Waals surface area contributed by atoms with Crippen molar-refractivity contribution in [2.45, 2.75) is 38.8 Å². The van der Waals surface area contributed by atoms with Crippen molar-refractivity contribution in [3.8, 4) is 0 Å². The number of nitrogens with zero attached hydrogens (tertiary/aromatic N) is 1. The first kappa shape index (κ1) is 13.9. The minimum absolute atomic E-state index is 0.701. The maximum absolute atomic E-state index is 5.92. The van der Waals surface area contributed by atoms with Crippen molar-refractivity contribution in [3.05, 3.63) is 34.9 Å². The number of hydrogen-bond acceptors (Lipinski definition) is 2. The molecule has 1 unspecified atom stereocenters. The Bertz CT molecular complexity index is 350. The first-order chi connectivity index (χ1) is 8.79. The van der Waals surface area contributed by atoms with Crippen molar-refractivity contribution in [3.63, 3.8) is 0 Å². The lowest BCUT2D eigenvalue weighted by Crippen LogP contribution is -2.37. The van der Waals surface area contributed by atoms with Crippen LogP contribution in [-0.4, -0.2) is 30.6 Å². The molecule has 1 saturated heterocycles. The van der Waals surface area contributed by atoms with Crippen LogP contribution in [0.25, 0.3) is 0 Å². The molecule has 0 aromatic heterocycles. The zero-order chi connectivity index (χ0) is 12.8. The van der Waals surface area contributed by atoms with E-state index in [0.29, 0.717) is 6.04 Å². The van der Waals surface area contributed by atoms with Gasteiger partial charge in [-0.1, -0.05) is 30.7 Å². The number of halogens is 1. The van der Waals surface area contributed by atoms with Crippen molar-refractivity contribution in [1.82, 2.24) is 10.2 Å². The van der Waals surface area contributed by atoms with Crippen molar-refractivity contribution < 1.29 is 0 Å². The Hall–Kier alpha value is -0.570. The Balaban J connectivity index is 1.85. The fourth-order valence-electron chi connectivity index (χ4n) is 2.60. The maximum Gasteiger partial charge on any atom is 0.0406 e. The van der Waals surface area contributed by atoms with Gasteiger partial charge in [-0.2, -0.15) is 0 Å². The van der Waals surface area contributed by atoms with Crippen LogP contribution < -0.4 is 5.32 Å². The molecule has 1 aromatic carbocycles. The highest BCUT2D eigenvalue weighted by atomic mass is 35.5. The first-order valence-electron chi connectivity index (χ1n) is 6.99. The second kappa shape index (κ2) is 7.13. The van der Waals surface area contributed by atoms with E-state index in [4.69, 9.17) is 11.6 Å². The molecule has 3 heteroatoms. The lowest BCUT2D eigenvalue weighted by Gasteiger charge is -2.24. The van der Waals surface area contributed by atoms with E-state index in [-0.39, 0.29) is 0 Å². The van der Waals surface area contributed by atoms with Gasteiger partial charge in [0.2, 0.25) is 0 Å². The SMILES string of the molecule is CCCNCC1CCCN1Cc1ccc(Cl)cc1. The van der Waals surface area contributed by atoms with Crippen LogP contribution in [0.3, 0.4) is 0 Å². The Kier molecular flexibility index (Phi) is 5.48. The monoisotopic (exact) mass is 266 g/mol. The summed E-state index contributed by atoms with van der Waals surface area (Å²) in [7, 11) is 0. The minimum Gasteiger partial charge on any atom is -0.315 e. The number of rotatable bonds is 6. The molecule has 1 aliphatic rings. The molecule has 0 radical (unpaired) electrons. The zero-order valence-corrected chi connectivity index (χ0v) is 11.9. The molecule has 18 heavy (non-hydrogen) atoms. The topological polar surface area (TPSA) is 15.3 Å². The van der Waals surface area contributed by atoms with Crippen LogP contribution in [0.2, 0.25) is 5.02 Å². The smallest absolute Gasteiger partial charge is 0.0406 e. The van der Waals surface area contributed by atoms with Gasteiger partial charge < -0.3 is 5.32 Å². The van der Waals surface area contributed by atoms with Gasteiger partial charge in [-0.3, -0.25) is 4.90 Å². The third-order valence-corrected chi connectivity index (χ3v) is 3.86. The average Bonchev–Trinajstić information content (AvgIpc) is 2.80. The molecule has 0 amide bonds. The highest BCUT2D eigenvalue weighted by molar-refractivity contribution is 6.30. The molecule has 0 spiro atoms. The second-order valence-corrected chi connectivity index (χ2v) is 5.53. The standard InChI is InChI=1S/C15H23ClN2/c1-2-9-17-11-15-4-3-10-18(15)12-13-5-7-14(16)8-6-13/h5-8,15,17H,2-4,9-12H2,1H3. The lowest BCUT2D eigenvalue weighted by atomic mass is 10.2. The van der Waals surface area contributed by atoms with E-state index in [9.17, 15) is 0 Å². The van der Waals surface area contributed by atoms with E-state index >= 15 is 0 Å². The summed E-state index contributed by atoms with van der Waals surface area (Å²) in [4.78, 5) is 2.59. The molecule has 0 bridgehead atoms. The van der Waals surface area contributed by atoms with Gasteiger partial charge in [-0.15, -0.1) is 0 Å². The summed E-state index contributed by atoms with van der Waals surface area (Å²) in [6, 6.07) is 8.94. The van der Waals surface area contributed by atoms with Gasteiger partial charge in [-0.05, 0) is 50.0 Å². The molecule has 1 aromatic rings. The van der Waals surface area contributed by atoms with Crippen LogP contribution in [0.5, 0.6) is 0 Å². The predicted octanol–water partition coefficient (Wildman–Crippen LogP) is 3.30. The van der Waals surface area contributed by atoms with Crippen LogP contribution in [-0.2, 0) is 6.54 Å². The predicted molar refractivity (Wildman–Crippen MR) is 78.0 cm³/mol. The lowest BCUT2D eigenvalue weighted by molar-refractivity contribution is 0.239. The molecule has 0 aliphatic carbocycles. The minimum atomic E-state index is 0.701. The summed E-state index contributed by atoms with van der Waals surface area (Å²) in [6.45, 7) is 6.75. The summed E-state index contributed by atoms with van der Waals surface area (Å²) in [5.41, 5.74) is 1.36. The van der Waals surface area contributed by atoms with Gasteiger partial charge in [0.25, 0.3) is 0 Å². The molecule has 1 aliphatic heterocycles. The van der Waals surface area contributed by atoms with Crippen LogP contribution in [0.1, 0.15) is 31.7 Å². The Labute approximate surface area is 115 Å². The molecule has 1 fully saturated rings. The number of likely N-dealkylation sites (tertiary alicyclic amines) is 1. The molecule has 0 saturated carbocycles. The van der Waals surface area contributed by atoms with Gasteiger partial charge in [0, 0.05) is 24.2 Å². The van der Waals surface area contributed by atoms with Gasteiger partial charge in [0.1, 0.15) is 0 Å². The molecular weight excluding hydrogens is 244 g/mol. The van der Waals surface area contributed by atoms with Gasteiger partial charge in [0.15, 0.2) is 0 Å². The highest BCUT2D eigenvalue weighted by Crippen LogP contribution is 2.20. The number of nitrogens with one attached hydrogen (secondary N) is 1. The molecule has 100 valence electrons. The highest BCUT2D eigenvalue weighted by Gasteiger charge is 2.23. The normalized spacial score (nSPS) is 20.4. The summed E-state index contributed by atoms with van der Waals surface area (Å²) in [5.74, 6) is 0. The molecular formula is C15H23ClN2. The summed E-state index contributed by atoms with van der Waals surface area (Å²) >= 11 is 5.92. The van der Waals surface area contributed by atoms with Crippen molar-refractivity contribution >= 4 is 11.6 Å². The van der Waals surface area contributed by atoms with Crippen molar-refractivity contribution in [1.29, 1.82) is 0 Å². The summed E-state index contributed by atoms with van der Waals surface area (Å²) in [6.07, 6.45) is 3.86. The van der Waals surface area contributed by atoms with Gasteiger partial charge in [0.05, 0.1) is 0 Å². The molecule has 1 heterocycles. The van der Waals surface area contributed by atoms with Crippen LogP contribution >= 0.6 is 11.6 Å². The maximum atomic E-state index is 5.92. The third-order valence-electron chi connectivity index (χ3n) is 3.60.